The fraction of sp³-hybridized carbons (Fsp3) is 0.190. The number of aryl methyl sites for hydroxylation is 2. The molecule has 0 spiro atoms. The van der Waals surface area contributed by atoms with Crippen LogP contribution in [0.2, 0.25) is 0 Å². The second-order valence-electron chi connectivity index (χ2n) is 6.08. The molecule has 2 amide bonds. The van der Waals surface area contributed by atoms with Crippen LogP contribution < -0.4 is 10.9 Å². The lowest BCUT2D eigenvalue weighted by atomic mass is 10.1. The number of carbonyl (C=O) groups is 2. The van der Waals surface area contributed by atoms with Gasteiger partial charge in [-0.3, -0.25) is 20.4 Å². The number of hydrogen-bond acceptors (Lipinski definition) is 4. The summed E-state index contributed by atoms with van der Waals surface area (Å²) >= 11 is 1.40. The summed E-state index contributed by atoms with van der Waals surface area (Å²) in [5.74, 6) is -0.659. The number of aromatic nitrogens is 1. The zero-order valence-corrected chi connectivity index (χ0v) is 15.9. The van der Waals surface area contributed by atoms with Crippen LogP contribution in [-0.2, 0) is 17.6 Å². The molecule has 3 aromatic rings. The van der Waals surface area contributed by atoms with Crippen molar-refractivity contribution in [2.45, 2.75) is 26.2 Å². The first-order valence-corrected chi connectivity index (χ1v) is 9.71. The highest BCUT2D eigenvalue weighted by Crippen LogP contribution is 2.24. The summed E-state index contributed by atoms with van der Waals surface area (Å²) in [7, 11) is 0. The molecule has 0 atom stereocenters. The number of carbonyl (C=O) groups excluding carboxylic acids is 2. The van der Waals surface area contributed by atoms with E-state index in [2.05, 4.69) is 34.9 Å². The average Bonchev–Trinajstić information content (AvgIpc) is 3.21. The van der Waals surface area contributed by atoms with Gasteiger partial charge in [0.2, 0.25) is 5.91 Å². The molecule has 0 saturated heterocycles. The molecule has 27 heavy (non-hydrogen) atoms. The topological polar surface area (TPSA) is 71.1 Å². The van der Waals surface area contributed by atoms with E-state index in [9.17, 15) is 9.59 Å². The van der Waals surface area contributed by atoms with Crippen molar-refractivity contribution in [3.05, 3.63) is 76.8 Å². The molecular weight excluding hydrogens is 358 g/mol. The van der Waals surface area contributed by atoms with E-state index >= 15 is 0 Å². The lowest BCUT2D eigenvalue weighted by molar-refractivity contribution is -0.121. The van der Waals surface area contributed by atoms with Crippen LogP contribution in [0.5, 0.6) is 0 Å². The van der Waals surface area contributed by atoms with Gasteiger partial charge in [-0.2, -0.15) is 0 Å². The van der Waals surface area contributed by atoms with Gasteiger partial charge < -0.3 is 0 Å². The summed E-state index contributed by atoms with van der Waals surface area (Å²) in [6.45, 7) is 2.11. The fourth-order valence-electron chi connectivity index (χ4n) is 2.55. The van der Waals surface area contributed by atoms with Crippen molar-refractivity contribution in [2.24, 2.45) is 0 Å². The Bertz CT molecular complexity index is 905. The molecule has 3 rings (SSSR count). The molecule has 1 aromatic heterocycles. The predicted molar refractivity (Wildman–Crippen MR) is 107 cm³/mol. The zero-order chi connectivity index (χ0) is 19.1. The van der Waals surface area contributed by atoms with Gasteiger partial charge in [0.25, 0.3) is 5.91 Å². The second-order valence-corrected chi connectivity index (χ2v) is 6.93. The highest BCUT2D eigenvalue weighted by atomic mass is 32.1. The second kappa shape index (κ2) is 9.09. The van der Waals surface area contributed by atoms with Crippen molar-refractivity contribution in [3.63, 3.8) is 0 Å². The number of benzene rings is 2. The van der Waals surface area contributed by atoms with E-state index in [0.29, 0.717) is 12.8 Å². The first-order valence-electron chi connectivity index (χ1n) is 8.83. The molecule has 0 aliphatic carbocycles. The largest absolute Gasteiger partial charge is 0.289 e. The van der Waals surface area contributed by atoms with Crippen molar-refractivity contribution >= 4 is 23.2 Å². The summed E-state index contributed by atoms with van der Waals surface area (Å²) in [6, 6.07) is 17.9. The molecule has 0 unspecified atom stereocenters. The third kappa shape index (κ3) is 5.24. The Morgan fingerprint density at radius 3 is 2.41 bits per heavy atom. The number of hydrazine groups is 1. The molecule has 5 nitrogen and oxygen atoms in total. The normalized spacial score (nSPS) is 10.4. The van der Waals surface area contributed by atoms with E-state index in [0.717, 1.165) is 22.6 Å². The van der Waals surface area contributed by atoms with Crippen LogP contribution in [0.3, 0.4) is 0 Å². The van der Waals surface area contributed by atoms with Crippen molar-refractivity contribution < 1.29 is 9.59 Å². The van der Waals surface area contributed by atoms with E-state index < -0.39 is 5.91 Å². The quantitative estimate of drug-likeness (QED) is 0.641. The number of hydrogen-bond donors (Lipinski definition) is 2. The lowest BCUT2D eigenvalue weighted by Crippen LogP contribution is -2.41. The van der Waals surface area contributed by atoms with Crippen molar-refractivity contribution in [1.29, 1.82) is 0 Å². The summed E-state index contributed by atoms with van der Waals surface area (Å²) < 4.78 is 0. The number of nitrogens with one attached hydrogen (secondary N) is 2. The van der Waals surface area contributed by atoms with E-state index in [4.69, 9.17) is 0 Å². The van der Waals surface area contributed by atoms with Crippen molar-refractivity contribution in [3.8, 4) is 10.6 Å². The van der Waals surface area contributed by atoms with E-state index in [-0.39, 0.29) is 11.6 Å². The Morgan fingerprint density at radius 2 is 1.70 bits per heavy atom. The van der Waals surface area contributed by atoms with Crippen LogP contribution in [-0.4, -0.2) is 16.8 Å². The molecule has 0 radical (unpaired) electrons. The minimum Gasteiger partial charge on any atom is -0.273 e. The van der Waals surface area contributed by atoms with Gasteiger partial charge in [0.1, 0.15) is 10.7 Å². The van der Waals surface area contributed by atoms with Crippen molar-refractivity contribution in [2.75, 3.05) is 0 Å². The summed E-state index contributed by atoms with van der Waals surface area (Å²) in [4.78, 5) is 28.4. The molecule has 2 N–H and O–H groups in total. The number of nitrogens with zero attached hydrogens (tertiary/aromatic N) is 1. The van der Waals surface area contributed by atoms with E-state index in [1.807, 2.05) is 42.5 Å². The summed E-state index contributed by atoms with van der Waals surface area (Å²) in [6.07, 6.45) is 1.91. The third-order valence-corrected chi connectivity index (χ3v) is 5.04. The maximum absolute atomic E-state index is 12.2. The maximum atomic E-state index is 12.2. The van der Waals surface area contributed by atoms with Gasteiger partial charge in [-0.1, -0.05) is 61.5 Å². The van der Waals surface area contributed by atoms with Crippen LogP contribution in [0, 0.1) is 0 Å². The molecule has 6 heteroatoms. The van der Waals surface area contributed by atoms with Gasteiger partial charge in [0.15, 0.2) is 0 Å². The van der Waals surface area contributed by atoms with E-state index in [1.54, 1.807) is 5.38 Å². The minimum absolute atomic E-state index is 0.238. The molecule has 138 valence electrons. The summed E-state index contributed by atoms with van der Waals surface area (Å²) in [5.41, 5.74) is 8.47. The van der Waals surface area contributed by atoms with Gasteiger partial charge in [-0.05, 0) is 24.0 Å². The van der Waals surface area contributed by atoms with Gasteiger partial charge in [0, 0.05) is 17.4 Å². The molecule has 1 heterocycles. The summed E-state index contributed by atoms with van der Waals surface area (Å²) in [5, 5.41) is 2.47. The number of thiazole rings is 1. The highest BCUT2D eigenvalue weighted by molar-refractivity contribution is 7.13. The van der Waals surface area contributed by atoms with Crippen LogP contribution in [0.4, 0.5) is 0 Å². The first kappa shape index (κ1) is 18.8. The Balaban J connectivity index is 1.50. The molecule has 0 saturated carbocycles. The highest BCUT2D eigenvalue weighted by Gasteiger charge is 2.13. The predicted octanol–water partition coefficient (Wildman–Crippen LogP) is 3.77. The molecule has 0 aliphatic heterocycles. The zero-order valence-electron chi connectivity index (χ0n) is 15.1. The minimum atomic E-state index is -0.421. The Hall–Kier alpha value is -2.99. The Labute approximate surface area is 162 Å². The fourth-order valence-corrected chi connectivity index (χ4v) is 3.36. The number of amides is 2. The first-order chi connectivity index (χ1) is 13.2. The van der Waals surface area contributed by atoms with Crippen LogP contribution in [0.1, 0.15) is 35.0 Å². The standard InChI is InChI=1S/C21H21N3O2S/c1-2-15-8-11-17(12-9-15)21-22-18(14-27-21)20(26)24-23-19(25)13-10-16-6-4-3-5-7-16/h3-9,11-12,14H,2,10,13H2,1H3,(H,23,25)(H,24,26). The van der Waals surface area contributed by atoms with Gasteiger partial charge in [-0.25, -0.2) is 4.98 Å². The molecular formula is C21H21N3O2S. The molecule has 2 aromatic carbocycles. The monoisotopic (exact) mass is 379 g/mol. The van der Waals surface area contributed by atoms with Gasteiger partial charge >= 0.3 is 0 Å². The van der Waals surface area contributed by atoms with Crippen LogP contribution in [0.25, 0.3) is 10.6 Å². The average molecular weight is 379 g/mol. The molecule has 0 bridgehead atoms. The molecule has 0 fully saturated rings. The SMILES string of the molecule is CCc1ccc(-c2nc(C(=O)NNC(=O)CCc3ccccc3)cs2)cc1. The Morgan fingerprint density at radius 1 is 0.963 bits per heavy atom. The van der Waals surface area contributed by atoms with Gasteiger partial charge in [-0.15, -0.1) is 11.3 Å². The smallest absolute Gasteiger partial charge is 0.273 e. The van der Waals surface area contributed by atoms with Crippen LogP contribution in [0.15, 0.2) is 60.0 Å². The maximum Gasteiger partial charge on any atom is 0.289 e. The number of rotatable bonds is 6. The third-order valence-electron chi connectivity index (χ3n) is 4.14. The van der Waals surface area contributed by atoms with Gasteiger partial charge in [0.05, 0.1) is 0 Å². The Kier molecular flexibility index (Phi) is 6.33. The lowest BCUT2D eigenvalue weighted by Gasteiger charge is -2.06. The van der Waals surface area contributed by atoms with E-state index in [1.165, 1.54) is 16.9 Å². The van der Waals surface area contributed by atoms with Crippen molar-refractivity contribution in [1.82, 2.24) is 15.8 Å². The van der Waals surface area contributed by atoms with Crippen LogP contribution >= 0.6 is 11.3 Å². The molecule has 0 aliphatic rings.